The molecular weight excluding hydrogens is 164 g/mol. The largest absolute Gasteiger partial charge is 0.352 e. The zero-order valence-electron chi connectivity index (χ0n) is 8.18. The minimum Gasteiger partial charge on any atom is -0.352 e. The quantitative estimate of drug-likeness (QED) is 0.663. The van der Waals surface area contributed by atoms with Crippen molar-refractivity contribution in [3.8, 4) is 0 Å². The normalized spacial score (nSPS) is 35.8. The van der Waals surface area contributed by atoms with E-state index in [0.29, 0.717) is 12.0 Å². The van der Waals surface area contributed by atoms with Crippen LogP contribution in [0.2, 0.25) is 0 Å². The van der Waals surface area contributed by atoms with Crippen LogP contribution >= 0.6 is 0 Å². The molecule has 0 saturated heterocycles. The predicted octanol–water partition coefficient (Wildman–Crippen LogP) is 0.782. The second-order valence-electron chi connectivity index (χ2n) is 4.64. The van der Waals surface area contributed by atoms with E-state index < -0.39 is 5.54 Å². The first-order valence-electron chi connectivity index (χ1n) is 5.22. The van der Waals surface area contributed by atoms with Gasteiger partial charge in [0.2, 0.25) is 5.91 Å². The van der Waals surface area contributed by atoms with Crippen LogP contribution in [0, 0.1) is 5.92 Å². The van der Waals surface area contributed by atoms with Crippen molar-refractivity contribution in [1.82, 2.24) is 5.32 Å². The molecule has 0 radical (unpaired) electrons. The van der Waals surface area contributed by atoms with E-state index in [2.05, 4.69) is 12.2 Å². The van der Waals surface area contributed by atoms with Gasteiger partial charge < -0.3 is 11.1 Å². The molecule has 0 heterocycles. The van der Waals surface area contributed by atoms with Crippen molar-refractivity contribution in [2.45, 2.75) is 50.6 Å². The van der Waals surface area contributed by atoms with Gasteiger partial charge in [-0.25, -0.2) is 0 Å². The molecule has 2 saturated carbocycles. The van der Waals surface area contributed by atoms with E-state index in [1.165, 1.54) is 6.42 Å². The third kappa shape index (κ3) is 1.46. The van der Waals surface area contributed by atoms with Crippen molar-refractivity contribution >= 4 is 5.91 Å². The van der Waals surface area contributed by atoms with Crippen molar-refractivity contribution in [3.63, 3.8) is 0 Å². The maximum Gasteiger partial charge on any atom is 0.240 e. The SMILES string of the molecule is CC1CCC1NC(=O)C1(N)CCC1. The molecular formula is C10H18N2O. The first-order chi connectivity index (χ1) is 6.12. The Morgan fingerprint density at radius 1 is 1.46 bits per heavy atom. The maximum absolute atomic E-state index is 11.7. The van der Waals surface area contributed by atoms with Crippen LogP contribution in [0.15, 0.2) is 0 Å². The van der Waals surface area contributed by atoms with Crippen molar-refractivity contribution in [2.75, 3.05) is 0 Å². The molecule has 2 fully saturated rings. The minimum absolute atomic E-state index is 0.0790. The molecule has 0 aromatic carbocycles. The molecule has 1 amide bonds. The lowest BCUT2D eigenvalue weighted by Crippen LogP contribution is -2.62. The Balaban J connectivity index is 1.84. The number of nitrogens with one attached hydrogen (secondary N) is 1. The Labute approximate surface area is 79.1 Å². The van der Waals surface area contributed by atoms with Gasteiger partial charge in [0.1, 0.15) is 0 Å². The summed E-state index contributed by atoms with van der Waals surface area (Å²) < 4.78 is 0. The molecule has 0 aromatic heterocycles. The number of rotatable bonds is 2. The van der Waals surface area contributed by atoms with Crippen LogP contribution in [0.25, 0.3) is 0 Å². The third-order valence-electron chi connectivity index (χ3n) is 3.63. The first-order valence-corrected chi connectivity index (χ1v) is 5.22. The van der Waals surface area contributed by atoms with Crippen LogP contribution in [-0.4, -0.2) is 17.5 Å². The van der Waals surface area contributed by atoms with Crippen LogP contribution in [0.1, 0.15) is 39.0 Å². The summed E-state index contributed by atoms with van der Waals surface area (Å²) in [6, 6.07) is 0.397. The van der Waals surface area contributed by atoms with E-state index >= 15 is 0 Å². The van der Waals surface area contributed by atoms with E-state index in [1.807, 2.05) is 0 Å². The van der Waals surface area contributed by atoms with Crippen molar-refractivity contribution in [3.05, 3.63) is 0 Å². The van der Waals surface area contributed by atoms with Crippen LogP contribution in [0.3, 0.4) is 0 Å². The highest BCUT2D eigenvalue weighted by molar-refractivity contribution is 5.87. The summed E-state index contributed by atoms with van der Waals surface area (Å²) in [6.45, 7) is 2.18. The average Bonchev–Trinajstić information content (AvgIpc) is 2.07. The fourth-order valence-corrected chi connectivity index (χ4v) is 1.98. The lowest BCUT2D eigenvalue weighted by atomic mass is 9.75. The average molecular weight is 182 g/mol. The van der Waals surface area contributed by atoms with Crippen LogP contribution in [-0.2, 0) is 4.79 Å². The molecule has 13 heavy (non-hydrogen) atoms. The number of hydrogen-bond donors (Lipinski definition) is 2. The highest BCUT2D eigenvalue weighted by atomic mass is 16.2. The van der Waals surface area contributed by atoms with Crippen molar-refractivity contribution < 1.29 is 4.79 Å². The van der Waals surface area contributed by atoms with Gasteiger partial charge in [0.15, 0.2) is 0 Å². The fraction of sp³-hybridized carbons (Fsp3) is 0.900. The zero-order chi connectivity index (χ0) is 9.47. The van der Waals surface area contributed by atoms with E-state index in [9.17, 15) is 4.79 Å². The van der Waals surface area contributed by atoms with Crippen molar-refractivity contribution in [1.29, 1.82) is 0 Å². The number of nitrogens with two attached hydrogens (primary N) is 1. The maximum atomic E-state index is 11.7. The second-order valence-corrected chi connectivity index (χ2v) is 4.64. The fourth-order valence-electron chi connectivity index (χ4n) is 1.98. The number of hydrogen-bond acceptors (Lipinski definition) is 2. The summed E-state index contributed by atoms with van der Waals surface area (Å²) in [4.78, 5) is 11.7. The van der Waals surface area contributed by atoms with Gasteiger partial charge >= 0.3 is 0 Å². The smallest absolute Gasteiger partial charge is 0.240 e. The van der Waals surface area contributed by atoms with Crippen LogP contribution in [0.4, 0.5) is 0 Å². The van der Waals surface area contributed by atoms with E-state index in [4.69, 9.17) is 5.73 Å². The van der Waals surface area contributed by atoms with Gasteiger partial charge in [0.05, 0.1) is 5.54 Å². The Hall–Kier alpha value is -0.570. The summed E-state index contributed by atoms with van der Waals surface area (Å²) in [7, 11) is 0. The minimum atomic E-state index is -0.519. The first kappa shape index (κ1) is 9.00. The highest BCUT2D eigenvalue weighted by Crippen LogP contribution is 2.31. The summed E-state index contributed by atoms with van der Waals surface area (Å²) in [6.07, 6.45) is 5.19. The molecule has 2 aliphatic carbocycles. The third-order valence-corrected chi connectivity index (χ3v) is 3.63. The predicted molar refractivity (Wildman–Crippen MR) is 51.1 cm³/mol. The molecule has 2 aliphatic rings. The molecule has 3 nitrogen and oxygen atoms in total. The Morgan fingerprint density at radius 3 is 2.46 bits per heavy atom. The van der Waals surface area contributed by atoms with Gasteiger partial charge in [-0.3, -0.25) is 4.79 Å². The van der Waals surface area contributed by atoms with Crippen LogP contribution < -0.4 is 11.1 Å². The van der Waals surface area contributed by atoms with Gasteiger partial charge in [-0.15, -0.1) is 0 Å². The monoisotopic (exact) mass is 182 g/mol. The number of amides is 1. The molecule has 2 atom stereocenters. The standard InChI is InChI=1S/C10H18N2O/c1-7-3-4-8(7)12-9(13)10(11)5-2-6-10/h7-8H,2-6,11H2,1H3,(H,12,13). The van der Waals surface area contributed by atoms with Gasteiger partial charge in [0.25, 0.3) is 0 Å². The lowest BCUT2D eigenvalue weighted by molar-refractivity contribution is -0.131. The lowest BCUT2D eigenvalue weighted by Gasteiger charge is -2.41. The summed E-state index contributed by atoms with van der Waals surface area (Å²) in [5, 5.41) is 3.04. The van der Waals surface area contributed by atoms with Gasteiger partial charge in [-0.1, -0.05) is 6.92 Å². The summed E-state index contributed by atoms with van der Waals surface area (Å²) >= 11 is 0. The zero-order valence-corrected chi connectivity index (χ0v) is 8.18. The molecule has 0 aromatic rings. The van der Waals surface area contributed by atoms with Gasteiger partial charge in [0, 0.05) is 6.04 Å². The molecule has 0 spiro atoms. The molecule has 2 rings (SSSR count). The van der Waals surface area contributed by atoms with E-state index in [1.54, 1.807) is 0 Å². The highest BCUT2D eigenvalue weighted by Gasteiger charge is 2.42. The van der Waals surface area contributed by atoms with Crippen molar-refractivity contribution in [2.24, 2.45) is 11.7 Å². The molecule has 2 unspecified atom stereocenters. The summed E-state index contributed by atoms with van der Waals surface area (Å²) in [5.74, 6) is 0.725. The Morgan fingerprint density at radius 2 is 2.15 bits per heavy atom. The van der Waals surface area contributed by atoms with Crippen LogP contribution in [0.5, 0.6) is 0 Å². The summed E-state index contributed by atoms with van der Waals surface area (Å²) in [5.41, 5.74) is 5.39. The molecule has 74 valence electrons. The molecule has 3 heteroatoms. The number of carbonyl (C=O) groups excluding carboxylic acids is 1. The molecule has 0 aliphatic heterocycles. The number of carbonyl (C=O) groups is 1. The van der Waals surface area contributed by atoms with Gasteiger partial charge in [-0.2, -0.15) is 0 Å². The second kappa shape index (κ2) is 2.98. The molecule has 3 N–H and O–H groups in total. The topological polar surface area (TPSA) is 55.1 Å². The van der Waals surface area contributed by atoms with Gasteiger partial charge in [-0.05, 0) is 38.0 Å². The Bertz CT molecular complexity index is 223. The molecule has 0 bridgehead atoms. The Kier molecular flexibility index (Phi) is 2.06. The van der Waals surface area contributed by atoms with E-state index in [-0.39, 0.29) is 5.91 Å². The van der Waals surface area contributed by atoms with E-state index in [0.717, 1.165) is 25.7 Å².